The van der Waals surface area contributed by atoms with Crippen molar-refractivity contribution in [3.8, 4) is 0 Å². The summed E-state index contributed by atoms with van der Waals surface area (Å²) in [4.78, 5) is 22.8. The number of carboxylic acid groups (broad SMARTS) is 2. The maximum atomic E-state index is 11.4. The highest BCUT2D eigenvalue weighted by Gasteiger charge is 2.61. The minimum Gasteiger partial charge on any atom is -0.481 e. The van der Waals surface area contributed by atoms with Crippen molar-refractivity contribution in [2.45, 2.75) is 89.9 Å². The first-order valence-electron chi connectivity index (χ1n) is 11.8. The van der Waals surface area contributed by atoms with E-state index in [4.69, 9.17) is 0 Å². The molecule has 0 aliphatic heterocycles. The smallest absolute Gasteiger partial charge is 0.306 e. The predicted octanol–water partition coefficient (Wildman–Crippen LogP) is 5.36. The van der Waals surface area contributed by atoms with Crippen LogP contribution in [0.4, 0.5) is 0 Å². The van der Waals surface area contributed by atoms with Gasteiger partial charge in [-0.3, -0.25) is 9.59 Å². The molecule has 0 heterocycles. The normalized spacial score (nSPS) is 50.4. The van der Waals surface area contributed by atoms with Gasteiger partial charge in [-0.1, -0.05) is 0 Å². The van der Waals surface area contributed by atoms with E-state index in [1.807, 2.05) is 0 Å². The van der Waals surface area contributed by atoms with Crippen LogP contribution < -0.4 is 0 Å². The van der Waals surface area contributed by atoms with E-state index in [-0.39, 0.29) is 11.8 Å². The van der Waals surface area contributed by atoms with E-state index >= 15 is 0 Å². The molecule has 4 bridgehead atoms. The van der Waals surface area contributed by atoms with Crippen molar-refractivity contribution < 1.29 is 19.8 Å². The molecule has 2 N–H and O–H groups in total. The van der Waals surface area contributed by atoms with Crippen LogP contribution in [0.2, 0.25) is 0 Å². The number of hydrogen-bond acceptors (Lipinski definition) is 2. The fraction of sp³-hybridized carbons (Fsp3) is 0.917. The molecule has 0 unspecified atom stereocenters. The van der Waals surface area contributed by atoms with Gasteiger partial charge < -0.3 is 10.2 Å². The van der Waals surface area contributed by atoms with E-state index in [1.165, 1.54) is 38.5 Å². The predicted molar refractivity (Wildman–Crippen MR) is 106 cm³/mol. The Morgan fingerprint density at radius 3 is 1.29 bits per heavy atom. The lowest BCUT2D eigenvalue weighted by Gasteiger charge is -2.67. The standard InChI is InChI=1S/C24H36O4/c25-21(26)17-1-5-19(6-2-17)23-10-15-9-16(11-23)13-24(12-15,14-23)20-7-3-18(4-8-20)22(27)28/h15-20H,1-14H2,(H,25,26)(H,27,28). The van der Waals surface area contributed by atoms with Crippen LogP contribution in [0.15, 0.2) is 0 Å². The molecule has 0 aromatic carbocycles. The van der Waals surface area contributed by atoms with Crippen LogP contribution in [0.25, 0.3) is 0 Å². The molecule has 0 radical (unpaired) electrons. The van der Waals surface area contributed by atoms with E-state index in [1.54, 1.807) is 0 Å². The second-order valence-electron chi connectivity index (χ2n) is 11.5. The minimum absolute atomic E-state index is 0.106. The van der Waals surface area contributed by atoms with E-state index in [0.717, 1.165) is 75.0 Å². The highest BCUT2D eigenvalue weighted by molar-refractivity contribution is 5.70. The Bertz CT molecular complexity index is 573. The molecule has 6 aliphatic rings. The first-order valence-corrected chi connectivity index (χ1v) is 11.8. The highest BCUT2D eigenvalue weighted by Crippen LogP contribution is 2.71. The number of hydrogen-bond donors (Lipinski definition) is 2. The Hall–Kier alpha value is -1.06. The molecule has 4 heteroatoms. The first kappa shape index (κ1) is 18.9. The Labute approximate surface area is 168 Å². The average Bonchev–Trinajstić information content (AvgIpc) is 2.67. The van der Waals surface area contributed by atoms with Crippen molar-refractivity contribution >= 4 is 11.9 Å². The molecule has 0 aromatic rings. The summed E-state index contributed by atoms with van der Waals surface area (Å²) in [6.45, 7) is 0. The van der Waals surface area contributed by atoms with Crippen LogP contribution in [0.3, 0.4) is 0 Å². The molecule has 0 amide bonds. The van der Waals surface area contributed by atoms with Crippen LogP contribution >= 0.6 is 0 Å². The van der Waals surface area contributed by atoms with Crippen LogP contribution in [0, 0.1) is 46.3 Å². The average molecular weight is 389 g/mol. The fourth-order valence-corrected chi connectivity index (χ4v) is 9.27. The molecule has 6 aliphatic carbocycles. The third kappa shape index (κ3) is 3.01. The van der Waals surface area contributed by atoms with Crippen LogP contribution in [0.5, 0.6) is 0 Å². The fourth-order valence-electron chi connectivity index (χ4n) is 9.27. The van der Waals surface area contributed by atoms with Gasteiger partial charge in [-0.15, -0.1) is 0 Å². The summed E-state index contributed by atoms with van der Waals surface area (Å²) in [6, 6.07) is 0. The molecule has 156 valence electrons. The number of aliphatic carboxylic acids is 2. The molecular formula is C24H36O4. The van der Waals surface area contributed by atoms with E-state index in [9.17, 15) is 19.8 Å². The maximum absolute atomic E-state index is 11.4. The van der Waals surface area contributed by atoms with Crippen molar-refractivity contribution in [2.24, 2.45) is 46.3 Å². The zero-order valence-electron chi connectivity index (χ0n) is 17.1. The van der Waals surface area contributed by atoms with Gasteiger partial charge in [0.2, 0.25) is 0 Å². The van der Waals surface area contributed by atoms with Crippen molar-refractivity contribution in [3.05, 3.63) is 0 Å². The molecule has 6 rings (SSSR count). The largest absolute Gasteiger partial charge is 0.481 e. The summed E-state index contributed by atoms with van der Waals surface area (Å²) < 4.78 is 0. The van der Waals surface area contributed by atoms with Gasteiger partial charge in [0.05, 0.1) is 11.8 Å². The van der Waals surface area contributed by atoms with E-state index in [0.29, 0.717) is 10.8 Å². The number of rotatable bonds is 4. The van der Waals surface area contributed by atoms with Gasteiger partial charge in [-0.25, -0.2) is 0 Å². The summed E-state index contributed by atoms with van der Waals surface area (Å²) in [5.74, 6) is 1.86. The van der Waals surface area contributed by atoms with E-state index < -0.39 is 11.9 Å². The van der Waals surface area contributed by atoms with Gasteiger partial charge in [-0.05, 0) is 124 Å². The lowest BCUT2D eigenvalue weighted by Crippen LogP contribution is -2.57. The Morgan fingerprint density at radius 2 is 0.964 bits per heavy atom. The molecule has 0 spiro atoms. The van der Waals surface area contributed by atoms with Crippen molar-refractivity contribution in [2.75, 3.05) is 0 Å². The lowest BCUT2D eigenvalue weighted by atomic mass is 9.38. The van der Waals surface area contributed by atoms with Crippen LogP contribution in [-0.2, 0) is 9.59 Å². The van der Waals surface area contributed by atoms with Gasteiger partial charge in [-0.2, -0.15) is 0 Å². The summed E-state index contributed by atoms with van der Waals surface area (Å²) >= 11 is 0. The molecule has 28 heavy (non-hydrogen) atoms. The minimum atomic E-state index is -0.587. The maximum Gasteiger partial charge on any atom is 0.306 e. The summed E-state index contributed by atoms with van der Waals surface area (Å²) in [5, 5.41) is 18.8. The molecule has 6 saturated carbocycles. The third-order valence-corrected chi connectivity index (χ3v) is 10.0. The Kier molecular flexibility index (Phi) is 4.56. The van der Waals surface area contributed by atoms with Crippen LogP contribution in [-0.4, -0.2) is 22.2 Å². The zero-order chi connectivity index (χ0) is 19.5. The monoisotopic (exact) mass is 388 g/mol. The highest BCUT2D eigenvalue weighted by atomic mass is 16.4. The molecule has 0 atom stereocenters. The summed E-state index contributed by atoms with van der Waals surface area (Å²) in [7, 11) is 0. The van der Waals surface area contributed by atoms with Crippen molar-refractivity contribution in [1.82, 2.24) is 0 Å². The van der Waals surface area contributed by atoms with Crippen LogP contribution in [0.1, 0.15) is 89.9 Å². The van der Waals surface area contributed by atoms with Gasteiger partial charge in [0, 0.05) is 0 Å². The second-order valence-corrected chi connectivity index (χ2v) is 11.5. The molecular weight excluding hydrogens is 352 g/mol. The summed E-state index contributed by atoms with van der Waals surface area (Å²) in [6.07, 6.45) is 16.4. The molecule has 0 saturated heterocycles. The first-order chi connectivity index (χ1) is 13.4. The van der Waals surface area contributed by atoms with E-state index in [2.05, 4.69) is 0 Å². The topological polar surface area (TPSA) is 74.6 Å². The SMILES string of the molecule is O=C(O)C1CCC(C23CC4CC(C2)CC(C2CCC(C(=O)O)CC2)(C4)C3)CC1. The van der Waals surface area contributed by atoms with Gasteiger partial charge in [0.1, 0.15) is 0 Å². The van der Waals surface area contributed by atoms with Crippen molar-refractivity contribution in [3.63, 3.8) is 0 Å². The van der Waals surface area contributed by atoms with Crippen molar-refractivity contribution in [1.29, 1.82) is 0 Å². The Balaban J connectivity index is 1.33. The second kappa shape index (κ2) is 6.74. The zero-order valence-corrected chi connectivity index (χ0v) is 17.1. The third-order valence-electron chi connectivity index (χ3n) is 10.0. The lowest BCUT2D eigenvalue weighted by molar-refractivity contribution is -0.173. The summed E-state index contributed by atoms with van der Waals surface area (Å²) in [5.41, 5.74) is 0.967. The quantitative estimate of drug-likeness (QED) is 0.680. The number of carboxylic acids is 2. The number of carbonyl (C=O) groups is 2. The molecule has 6 fully saturated rings. The Morgan fingerprint density at radius 1 is 0.607 bits per heavy atom. The molecule has 4 nitrogen and oxygen atoms in total. The van der Waals surface area contributed by atoms with Gasteiger partial charge in [0.15, 0.2) is 0 Å². The van der Waals surface area contributed by atoms with Gasteiger partial charge in [0.25, 0.3) is 0 Å². The van der Waals surface area contributed by atoms with Gasteiger partial charge >= 0.3 is 11.9 Å². The molecule has 0 aromatic heterocycles.